The fourth-order valence-electron chi connectivity index (χ4n) is 2.99. The molecule has 0 unspecified atom stereocenters. The second kappa shape index (κ2) is 8.02. The number of amides is 4. The zero-order chi connectivity index (χ0) is 21.1. The second-order valence-corrected chi connectivity index (χ2v) is 6.52. The molecule has 2 N–H and O–H groups in total. The molecule has 4 amide bonds. The van der Waals surface area contributed by atoms with Crippen molar-refractivity contribution in [1.82, 2.24) is 5.32 Å². The fraction of sp³-hybridized carbons (Fsp3) is 0.136. The molecule has 1 aliphatic heterocycles. The van der Waals surface area contributed by atoms with Gasteiger partial charge in [0, 0.05) is 5.56 Å². The number of aromatic hydroxyl groups is 1. The van der Waals surface area contributed by atoms with Crippen molar-refractivity contribution in [2.75, 3.05) is 12.0 Å². The third-order valence-electron chi connectivity index (χ3n) is 4.47. The average molecular weight is 392 g/mol. The maximum atomic E-state index is 12.9. The molecular weight excluding hydrogens is 372 g/mol. The Morgan fingerprint density at radius 2 is 1.86 bits per heavy atom. The van der Waals surface area contributed by atoms with Gasteiger partial charge in [-0.25, -0.2) is 9.69 Å². The van der Waals surface area contributed by atoms with Crippen LogP contribution < -0.4 is 15.0 Å². The molecule has 0 aliphatic carbocycles. The van der Waals surface area contributed by atoms with E-state index in [2.05, 4.69) is 11.9 Å². The minimum absolute atomic E-state index is 0.0366. The van der Waals surface area contributed by atoms with E-state index in [4.69, 9.17) is 4.74 Å². The Morgan fingerprint density at radius 1 is 1.17 bits per heavy atom. The molecule has 7 heteroatoms. The number of hydrogen-bond donors (Lipinski definition) is 2. The number of methoxy groups -OCH3 is 1. The quantitative estimate of drug-likeness (QED) is 0.463. The standard InChI is InChI=1S/C22H20N2O5/c1-4-5-15-10-14(12-18(29-3)19(15)25)11-17-20(26)23-22(28)24(21(17)27)16-8-6-13(2)7-9-16/h4,6-12,25H,1,5H2,2-3H3,(H,23,26,28). The van der Waals surface area contributed by atoms with E-state index in [0.717, 1.165) is 10.5 Å². The van der Waals surface area contributed by atoms with Crippen LogP contribution in [0.2, 0.25) is 0 Å². The second-order valence-electron chi connectivity index (χ2n) is 6.52. The summed E-state index contributed by atoms with van der Waals surface area (Å²) in [6.45, 7) is 5.53. The lowest BCUT2D eigenvalue weighted by molar-refractivity contribution is -0.122. The number of nitrogens with zero attached hydrogens (tertiary/aromatic N) is 1. The Kier molecular flexibility index (Phi) is 5.50. The van der Waals surface area contributed by atoms with Crippen LogP contribution in [-0.2, 0) is 16.0 Å². The summed E-state index contributed by atoms with van der Waals surface area (Å²) in [4.78, 5) is 38.5. The Balaban J connectivity index is 2.06. The predicted octanol–water partition coefficient (Wildman–Crippen LogP) is 3.10. The molecular formula is C22H20N2O5. The number of imide groups is 2. The van der Waals surface area contributed by atoms with Gasteiger partial charge in [-0.2, -0.15) is 0 Å². The molecule has 148 valence electrons. The highest BCUT2D eigenvalue weighted by Crippen LogP contribution is 2.33. The van der Waals surface area contributed by atoms with E-state index in [1.54, 1.807) is 36.4 Å². The van der Waals surface area contributed by atoms with E-state index in [1.807, 2.05) is 6.92 Å². The van der Waals surface area contributed by atoms with Crippen molar-refractivity contribution in [3.8, 4) is 11.5 Å². The highest BCUT2D eigenvalue weighted by Gasteiger charge is 2.36. The highest BCUT2D eigenvalue weighted by molar-refractivity contribution is 6.39. The van der Waals surface area contributed by atoms with E-state index in [0.29, 0.717) is 23.2 Å². The molecule has 1 saturated heterocycles. The van der Waals surface area contributed by atoms with Crippen LogP contribution in [0, 0.1) is 6.92 Å². The number of benzene rings is 2. The Bertz CT molecular complexity index is 1040. The van der Waals surface area contributed by atoms with Gasteiger partial charge in [-0.3, -0.25) is 14.9 Å². The van der Waals surface area contributed by atoms with E-state index < -0.39 is 17.8 Å². The molecule has 1 fully saturated rings. The lowest BCUT2D eigenvalue weighted by atomic mass is 10.0. The number of barbiturate groups is 1. The van der Waals surface area contributed by atoms with Gasteiger partial charge in [0.15, 0.2) is 11.5 Å². The Morgan fingerprint density at radius 3 is 2.48 bits per heavy atom. The number of carbonyl (C=O) groups is 3. The summed E-state index contributed by atoms with van der Waals surface area (Å²) in [5.41, 5.74) is 2.11. The van der Waals surface area contributed by atoms with E-state index in [9.17, 15) is 19.5 Å². The predicted molar refractivity (Wildman–Crippen MR) is 109 cm³/mol. The molecule has 0 saturated carbocycles. The summed E-state index contributed by atoms with van der Waals surface area (Å²) < 4.78 is 5.17. The van der Waals surface area contributed by atoms with Gasteiger partial charge in [0.2, 0.25) is 0 Å². The van der Waals surface area contributed by atoms with Crippen molar-refractivity contribution < 1.29 is 24.2 Å². The summed E-state index contributed by atoms with van der Waals surface area (Å²) in [6, 6.07) is 9.11. The molecule has 1 aliphatic rings. The SMILES string of the molecule is C=CCc1cc(C=C2C(=O)NC(=O)N(c3ccc(C)cc3)C2=O)cc(OC)c1O. The maximum absolute atomic E-state index is 12.9. The monoisotopic (exact) mass is 392 g/mol. The number of nitrogens with one attached hydrogen (secondary N) is 1. The largest absolute Gasteiger partial charge is 0.504 e. The van der Waals surface area contributed by atoms with Gasteiger partial charge in [-0.15, -0.1) is 6.58 Å². The summed E-state index contributed by atoms with van der Waals surface area (Å²) in [7, 11) is 1.40. The normalized spacial score (nSPS) is 15.4. The van der Waals surface area contributed by atoms with Crippen LogP contribution in [0.4, 0.5) is 10.5 Å². The van der Waals surface area contributed by atoms with Gasteiger partial charge in [0.1, 0.15) is 5.57 Å². The number of phenols is 1. The Hall–Kier alpha value is -3.87. The van der Waals surface area contributed by atoms with Gasteiger partial charge in [-0.1, -0.05) is 23.8 Å². The number of rotatable bonds is 5. The molecule has 0 atom stereocenters. The van der Waals surface area contributed by atoms with Crippen LogP contribution in [0.25, 0.3) is 6.08 Å². The third kappa shape index (κ3) is 3.89. The van der Waals surface area contributed by atoms with Crippen LogP contribution >= 0.6 is 0 Å². The molecule has 29 heavy (non-hydrogen) atoms. The minimum atomic E-state index is -0.809. The molecule has 1 heterocycles. The molecule has 0 aromatic heterocycles. The molecule has 2 aromatic carbocycles. The van der Waals surface area contributed by atoms with Crippen LogP contribution in [0.5, 0.6) is 11.5 Å². The van der Waals surface area contributed by atoms with Crippen LogP contribution in [-0.4, -0.2) is 30.1 Å². The van der Waals surface area contributed by atoms with Gasteiger partial charge >= 0.3 is 6.03 Å². The number of allylic oxidation sites excluding steroid dienone is 1. The zero-order valence-corrected chi connectivity index (χ0v) is 16.1. The molecule has 0 bridgehead atoms. The highest BCUT2D eigenvalue weighted by atomic mass is 16.5. The first-order chi connectivity index (χ1) is 13.8. The summed E-state index contributed by atoms with van der Waals surface area (Å²) >= 11 is 0. The number of ether oxygens (including phenoxy) is 1. The van der Waals surface area contributed by atoms with Crippen LogP contribution in [0.15, 0.2) is 54.6 Å². The van der Waals surface area contributed by atoms with E-state index in [1.165, 1.54) is 19.3 Å². The van der Waals surface area contributed by atoms with Gasteiger partial charge in [0.25, 0.3) is 11.8 Å². The first-order valence-corrected chi connectivity index (χ1v) is 8.84. The number of anilines is 1. The first kappa shape index (κ1) is 19.9. The van der Waals surface area contributed by atoms with Crippen molar-refractivity contribution in [2.45, 2.75) is 13.3 Å². The van der Waals surface area contributed by atoms with Crippen molar-refractivity contribution in [1.29, 1.82) is 0 Å². The fourth-order valence-corrected chi connectivity index (χ4v) is 2.99. The number of hydrogen-bond acceptors (Lipinski definition) is 5. The number of aryl methyl sites for hydroxylation is 1. The minimum Gasteiger partial charge on any atom is -0.504 e. The van der Waals surface area contributed by atoms with Crippen molar-refractivity contribution in [3.63, 3.8) is 0 Å². The van der Waals surface area contributed by atoms with Crippen molar-refractivity contribution >= 4 is 29.6 Å². The molecule has 7 nitrogen and oxygen atoms in total. The van der Waals surface area contributed by atoms with Crippen LogP contribution in [0.3, 0.4) is 0 Å². The van der Waals surface area contributed by atoms with Gasteiger partial charge in [0.05, 0.1) is 12.8 Å². The lowest BCUT2D eigenvalue weighted by Gasteiger charge is -2.26. The molecule has 2 aromatic rings. The zero-order valence-electron chi connectivity index (χ0n) is 16.1. The smallest absolute Gasteiger partial charge is 0.335 e. The Labute approximate surface area is 167 Å². The summed E-state index contributed by atoms with van der Waals surface area (Å²) in [6.07, 6.45) is 3.34. The van der Waals surface area contributed by atoms with E-state index in [-0.39, 0.29) is 17.1 Å². The van der Waals surface area contributed by atoms with Gasteiger partial charge < -0.3 is 9.84 Å². The molecule has 0 radical (unpaired) electrons. The number of carbonyl (C=O) groups excluding carboxylic acids is 3. The van der Waals surface area contributed by atoms with Crippen molar-refractivity contribution in [3.05, 3.63) is 71.3 Å². The first-order valence-electron chi connectivity index (χ1n) is 8.84. The molecule has 0 spiro atoms. The van der Waals surface area contributed by atoms with Crippen molar-refractivity contribution in [2.24, 2.45) is 0 Å². The van der Waals surface area contributed by atoms with Gasteiger partial charge in [-0.05, 0) is 49.2 Å². The average Bonchev–Trinajstić information content (AvgIpc) is 2.68. The van der Waals surface area contributed by atoms with E-state index >= 15 is 0 Å². The summed E-state index contributed by atoms with van der Waals surface area (Å²) in [5.74, 6) is -1.36. The molecule has 3 rings (SSSR count). The van der Waals surface area contributed by atoms with Crippen LogP contribution in [0.1, 0.15) is 16.7 Å². The maximum Gasteiger partial charge on any atom is 0.335 e. The summed E-state index contributed by atoms with van der Waals surface area (Å²) in [5, 5.41) is 12.4. The third-order valence-corrected chi connectivity index (χ3v) is 4.47. The number of urea groups is 1. The lowest BCUT2D eigenvalue weighted by Crippen LogP contribution is -2.54. The number of phenolic OH excluding ortho intramolecular Hbond substituents is 1. The topological polar surface area (TPSA) is 95.9 Å².